The Hall–Kier alpha value is -3.03. The number of ether oxygens (including phenoxy) is 1. The van der Waals surface area contributed by atoms with Gasteiger partial charge < -0.3 is 10.1 Å². The minimum atomic E-state index is -0.684. The van der Waals surface area contributed by atoms with Crippen molar-refractivity contribution in [3.63, 3.8) is 0 Å². The van der Waals surface area contributed by atoms with Crippen molar-refractivity contribution < 1.29 is 14.3 Å². The minimum Gasteiger partial charge on any atom is -0.497 e. The van der Waals surface area contributed by atoms with Crippen molar-refractivity contribution in [2.24, 2.45) is 4.99 Å². The van der Waals surface area contributed by atoms with Crippen LogP contribution in [0, 0.1) is 0 Å². The van der Waals surface area contributed by atoms with Gasteiger partial charge in [0.25, 0.3) is 0 Å². The number of carbonyl (C=O) groups is 2. The molecule has 8 nitrogen and oxygen atoms in total. The molecule has 2 amide bonds. The number of anilines is 1. The number of carbonyl (C=O) groups excluding carboxylic acids is 2. The Balaban J connectivity index is 1.77. The van der Waals surface area contributed by atoms with Gasteiger partial charge in [-0.2, -0.15) is 4.99 Å². The predicted molar refractivity (Wildman–Crippen MR) is 89.0 cm³/mol. The normalized spacial score (nSPS) is 19.0. The third-order valence-electron chi connectivity index (χ3n) is 3.75. The molecule has 24 heavy (non-hydrogen) atoms. The number of nitrogens with zero attached hydrogens (tertiary/aromatic N) is 2. The summed E-state index contributed by atoms with van der Waals surface area (Å²) in [6.45, 7) is 3.80. The van der Waals surface area contributed by atoms with E-state index in [0.29, 0.717) is 23.2 Å². The van der Waals surface area contributed by atoms with E-state index in [-0.39, 0.29) is 18.2 Å². The lowest BCUT2D eigenvalue weighted by molar-refractivity contribution is -0.129. The van der Waals surface area contributed by atoms with Crippen molar-refractivity contribution in [2.45, 2.75) is 26.3 Å². The van der Waals surface area contributed by atoms with E-state index >= 15 is 0 Å². The fourth-order valence-corrected chi connectivity index (χ4v) is 2.44. The van der Waals surface area contributed by atoms with Crippen LogP contribution in [0.3, 0.4) is 0 Å². The van der Waals surface area contributed by atoms with E-state index in [1.807, 2.05) is 13.8 Å². The molecular formula is C16H19N5O3. The highest BCUT2D eigenvalue weighted by Crippen LogP contribution is 2.20. The average Bonchev–Trinajstić information content (AvgIpc) is 2.98. The van der Waals surface area contributed by atoms with Gasteiger partial charge in [0.1, 0.15) is 17.6 Å². The van der Waals surface area contributed by atoms with E-state index in [9.17, 15) is 9.59 Å². The van der Waals surface area contributed by atoms with E-state index in [4.69, 9.17) is 4.74 Å². The molecule has 0 bridgehead atoms. The largest absolute Gasteiger partial charge is 0.497 e. The number of rotatable bonds is 3. The standard InChI is InChI=1S/C16H19N5O3/c1-9(2)14-19-16-18-13(22)8-12(21(16)20-14)15(23)17-10-4-6-11(24-3)7-5-10/h4-7,12,20H,8H2,1-3H3,(H,17,23)(H,18,19,22)/t12-/m0/s1. The summed E-state index contributed by atoms with van der Waals surface area (Å²) >= 11 is 0. The lowest BCUT2D eigenvalue weighted by Crippen LogP contribution is -2.61. The van der Waals surface area contributed by atoms with Crippen LogP contribution in [0.2, 0.25) is 0 Å². The van der Waals surface area contributed by atoms with E-state index in [1.165, 1.54) is 0 Å². The summed E-state index contributed by atoms with van der Waals surface area (Å²) in [6, 6.07) is 6.31. The number of hydrazine groups is 1. The molecule has 1 saturated heterocycles. The van der Waals surface area contributed by atoms with Crippen LogP contribution in [0.4, 0.5) is 5.69 Å². The number of benzene rings is 1. The van der Waals surface area contributed by atoms with Gasteiger partial charge in [0.15, 0.2) is 0 Å². The van der Waals surface area contributed by atoms with E-state index in [1.54, 1.807) is 36.4 Å². The fourth-order valence-electron chi connectivity index (χ4n) is 2.44. The van der Waals surface area contributed by atoms with Crippen LogP contribution >= 0.6 is 0 Å². The quantitative estimate of drug-likeness (QED) is 0.767. The van der Waals surface area contributed by atoms with Gasteiger partial charge in [-0.15, -0.1) is 0 Å². The van der Waals surface area contributed by atoms with Crippen LogP contribution in [-0.2, 0) is 9.59 Å². The van der Waals surface area contributed by atoms with Crippen LogP contribution in [0.15, 0.2) is 40.7 Å². The third-order valence-corrected chi connectivity index (χ3v) is 3.75. The highest BCUT2D eigenvalue weighted by atomic mass is 16.5. The molecule has 0 saturated carbocycles. The summed E-state index contributed by atoms with van der Waals surface area (Å²) in [5, 5.41) is 7.07. The highest BCUT2D eigenvalue weighted by Gasteiger charge is 2.39. The van der Waals surface area contributed by atoms with Crippen molar-refractivity contribution in [1.82, 2.24) is 15.8 Å². The second-order valence-electron chi connectivity index (χ2n) is 5.75. The number of allylic oxidation sites excluding steroid dienone is 1. The molecule has 1 atom stereocenters. The third kappa shape index (κ3) is 3.03. The minimum absolute atomic E-state index is 0.0457. The van der Waals surface area contributed by atoms with Crippen LogP contribution < -0.4 is 20.8 Å². The molecule has 3 N–H and O–H groups in total. The maximum atomic E-state index is 12.6. The van der Waals surface area contributed by atoms with Crippen molar-refractivity contribution in [3.05, 3.63) is 35.7 Å². The van der Waals surface area contributed by atoms with Crippen LogP contribution in [-0.4, -0.2) is 35.9 Å². The summed E-state index contributed by atoms with van der Waals surface area (Å²) in [5.41, 5.74) is 4.65. The molecule has 2 heterocycles. The molecule has 2 aliphatic heterocycles. The predicted octanol–water partition coefficient (Wildman–Crippen LogP) is 0.950. The lowest BCUT2D eigenvalue weighted by Gasteiger charge is -2.32. The van der Waals surface area contributed by atoms with Gasteiger partial charge in [-0.1, -0.05) is 0 Å². The molecule has 1 aromatic rings. The molecule has 0 spiro atoms. The number of hydrogen-bond donors (Lipinski definition) is 3. The fraction of sp³-hybridized carbons (Fsp3) is 0.312. The molecule has 3 rings (SSSR count). The smallest absolute Gasteiger partial charge is 0.249 e. The zero-order valence-electron chi connectivity index (χ0n) is 13.7. The summed E-state index contributed by atoms with van der Waals surface area (Å²) in [7, 11) is 1.58. The molecule has 1 aromatic carbocycles. The number of aliphatic imine (C=N–C) groups is 1. The van der Waals surface area contributed by atoms with Crippen molar-refractivity contribution in [1.29, 1.82) is 0 Å². The molecule has 0 aliphatic carbocycles. The Bertz CT molecular complexity index is 735. The molecule has 1 fully saturated rings. The van der Waals surface area contributed by atoms with Gasteiger partial charge in [0, 0.05) is 5.69 Å². The van der Waals surface area contributed by atoms with E-state index < -0.39 is 6.04 Å². The number of nitrogens with one attached hydrogen (secondary N) is 3. The second kappa shape index (κ2) is 6.23. The first kappa shape index (κ1) is 15.9. The Morgan fingerprint density at radius 1 is 1.33 bits per heavy atom. The number of amides is 2. The molecule has 126 valence electrons. The first-order chi connectivity index (χ1) is 11.5. The van der Waals surface area contributed by atoms with Gasteiger partial charge in [-0.25, -0.2) is 5.01 Å². The van der Waals surface area contributed by atoms with Crippen molar-refractivity contribution in [2.75, 3.05) is 12.4 Å². The Morgan fingerprint density at radius 3 is 2.67 bits per heavy atom. The zero-order chi connectivity index (χ0) is 17.3. The number of fused-ring (bicyclic) bond motifs is 1. The molecule has 2 aliphatic rings. The zero-order valence-corrected chi connectivity index (χ0v) is 13.7. The van der Waals surface area contributed by atoms with Crippen molar-refractivity contribution >= 4 is 23.5 Å². The summed E-state index contributed by atoms with van der Waals surface area (Å²) in [6.07, 6.45) is 0.0457. The topological polar surface area (TPSA) is 95.1 Å². The van der Waals surface area contributed by atoms with Crippen LogP contribution in [0.1, 0.15) is 20.3 Å². The Morgan fingerprint density at radius 2 is 2.04 bits per heavy atom. The van der Waals surface area contributed by atoms with Gasteiger partial charge in [-0.05, 0) is 43.7 Å². The maximum absolute atomic E-state index is 12.6. The Labute approximate surface area is 139 Å². The number of methoxy groups -OCH3 is 1. The lowest BCUT2D eigenvalue weighted by atomic mass is 10.1. The summed E-state index contributed by atoms with van der Waals surface area (Å²) in [4.78, 5) is 28.8. The second-order valence-corrected chi connectivity index (χ2v) is 5.75. The van der Waals surface area contributed by atoms with Gasteiger partial charge in [0.05, 0.1) is 13.5 Å². The SMILES string of the molecule is COc1ccc(NC(=O)[C@@H]2CC(=O)NC3=NC(=C(C)C)NN32)cc1. The number of guanidine groups is 1. The van der Waals surface area contributed by atoms with Gasteiger partial charge in [-0.3, -0.25) is 20.3 Å². The molecule has 8 heteroatoms. The van der Waals surface area contributed by atoms with E-state index in [0.717, 1.165) is 5.57 Å². The molecule has 0 unspecified atom stereocenters. The number of hydrogen-bond acceptors (Lipinski definition) is 6. The molecule has 0 aromatic heterocycles. The highest BCUT2D eigenvalue weighted by molar-refractivity contribution is 6.07. The summed E-state index contributed by atoms with van der Waals surface area (Å²) in [5.74, 6) is 1.16. The monoisotopic (exact) mass is 329 g/mol. The first-order valence-electron chi connectivity index (χ1n) is 7.55. The van der Waals surface area contributed by atoms with Crippen LogP contribution in [0.5, 0.6) is 5.75 Å². The average molecular weight is 329 g/mol. The molecule has 0 radical (unpaired) electrons. The maximum Gasteiger partial charge on any atom is 0.249 e. The first-order valence-corrected chi connectivity index (χ1v) is 7.55. The van der Waals surface area contributed by atoms with E-state index in [2.05, 4.69) is 21.1 Å². The van der Waals surface area contributed by atoms with Crippen LogP contribution in [0.25, 0.3) is 0 Å². The molecular weight excluding hydrogens is 310 g/mol. The summed E-state index contributed by atoms with van der Waals surface area (Å²) < 4.78 is 5.09. The Kier molecular flexibility index (Phi) is 4.11. The van der Waals surface area contributed by atoms with Gasteiger partial charge >= 0.3 is 0 Å². The van der Waals surface area contributed by atoms with Crippen molar-refractivity contribution in [3.8, 4) is 5.75 Å². The van der Waals surface area contributed by atoms with Gasteiger partial charge in [0.2, 0.25) is 17.8 Å².